The number of aromatic carboxylic acids is 1. The van der Waals surface area contributed by atoms with E-state index in [1.165, 1.54) is 42.5 Å². The summed E-state index contributed by atoms with van der Waals surface area (Å²) < 4.78 is 53.5. The Kier molecular flexibility index (Phi) is 4.50. The molecule has 0 fully saturated rings. The first-order chi connectivity index (χ1) is 12.3. The summed E-state index contributed by atoms with van der Waals surface area (Å²) in [6, 6.07) is 14.2. The fourth-order valence-corrected chi connectivity index (χ4v) is 2.70. The molecule has 0 amide bonds. The van der Waals surface area contributed by atoms with Crippen molar-refractivity contribution in [2.45, 2.75) is 6.18 Å². The van der Waals surface area contributed by atoms with Crippen LogP contribution in [0.4, 0.5) is 17.6 Å². The van der Waals surface area contributed by atoms with Crippen molar-refractivity contribution in [1.82, 2.24) is 0 Å². The second-order valence-electron chi connectivity index (χ2n) is 5.66. The summed E-state index contributed by atoms with van der Waals surface area (Å²) in [5.41, 5.74) is -0.382. The van der Waals surface area contributed by atoms with Crippen LogP contribution in [0.15, 0.2) is 66.7 Å². The van der Waals surface area contributed by atoms with Gasteiger partial charge in [0.05, 0.1) is 11.1 Å². The zero-order valence-electron chi connectivity index (χ0n) is 13.2. The van der Waals surface area contributed by atoms with Crippen LogP contribution in [0.5, 0.6) is 0 Å². The molecule has 6 heteroatoms. The monoisotopic (exact) mass is 360 g/mol. The van der Waals surface area contributed by atoms with E-state index in [9.17, 15) is 27.5 Å². The van der Waals surface area contributed by atoms with Gasteiger partial charge in [-0.15, -0.1) is 0 Å². The largest absolute Gasteiger partial charge is 0.478 e. The molecule has 0 heterocycles. The molecule has 0 aliphatic rings. The van der Waals surface area contributed by atoms with Crippen molar-refractivity contribution in [3.05, 3.63) is 83.7 Å². The van der Waals surface area contributed by atoms with E-state index in [4.69, 9.17) is 0 Å². The van der Waals surface area contributed by atoms with Crippen LogP contribution in [0.1, 0.15) is 15.9 Å². The van der Waals surface area contributed by atoms with Gasteiger partial charge in [0.15, 0.2) is 0 Å². The van der Waals surface area contributed by atoms with E-state index in [1.807, 2.05) is 0 Å². The molecule has 0 spiro atoms. The summed E-state index contributed by atoms with van der Waals surface area (Å²) in [5, 5.41) is 9.31. The van der Waals surface area contributed by atoms with Crippen LogP contribution >= 0.6 is 0 Å². The average molecular weight is 360 g/mol. The zero-order valence-corrected chi connectivity index (χ0v) is 13.2. The van der Waals surface area contributed by atoms with Crippen molar-refractivity contribution in [3.63, 3.8) is 0 Å². The van der Waals surface area contributed by atoms with Crippen LogP contribution in [-0.2, 0) is 6.18 Å². The summed E-state index contributed by atoms with van der Waals surface area (Å²) in [5.74, 6) is -1.82. The maximum Gasteiger partial charge on any atom is 0.416 e. The molecule has 3 aromatic carbocycles. The maximum atomic E-state index is 13.5. The summed E-state index contributed by atoms with van der Waals surface area (Å²) in [4.78, 5) is 11.4. The smallest absolute Gasteiger partial charge is 0.416 e. The first-order valence-electron chi connectivity index (χ1n) is 7.56. The Balaban J connectivity index is 2.27. The van der Waals surface area contributed by atoms with Crippen molar-refractivity contribution in [2.24, 2.45) is 0 Å². The molecule has 3 rings (SSSR count). The first-order valence-corrected chi connectivity index (χ1v) is 7.56. The Bertz CT molecular complexity index is 978. The van der Waals surface area contributed by atoms with Crippen LogP contribution in [0.25, 0.3) is 22.3 Å². The lowest BCUT2D eigenvalue weighted by Crippen LogP contribution is -2.06. The van der Waals surface area contributed by atoms with Gasteiger partial charge >= 0.3 is 12.1 Å². The number of carboxylic acids is 1. The highest BCUT2D eigenvalue weighted by Crippen LogP contribution is 2.37. The van der Waals surface area contributed by atoms with Crippen molar-refractivity contribution in [2.75, 3.05) is 0 Å². The Labute approximate surface area is 146 Å². The van der Waals surface area contributed by atoms with Gasteiger partial charge in [-0.3, -0.25) is 0 Å². The van der Waals surface area contributed by atoms with Crippen LogP contribution in [0.2, 0.25) is 0 Å². The molecule has 0 aliphatic carbocycles. The highest BCUT2D eigenvalue weighted by molar-refractivity contribution is 5.96. The quantitative estimate of drug-likeness (QED) is 0.593. The number of rotatable bonds is 3. The van der Waals surface area contributed by atoms with Gasteiger partial charge in [-0.05, 0) is 58.7 Å². The van der Waals surface area contributed by atoms with Crippen molar-refractivity contribution >= 4 is 5.97 Å². The zero-order chi connectivity index (χ0) is 18.9. The molecule has 0 radical (unpaired) electrons. The Morgan fingerprint density at radius 1 is 0.808 bits per heavy atom. The van der Waals surface area contributed by atoms with Gasteiger partial charge in [-0.2, -0.15) is 13.2 Å². The Hall–Kier alpha value is -3.15. The van der Waals surface area contributed by atoms with E-state index in [0.717, 1.165) is 18.2 Å². The average Bonchev–Trinajstić information content (AvgIpc) is 2.60. The van der Waals surface area contributed by atoms with Gasteiger partial charge in [-0.25, -0.2) is 9.18 Å². The van der Waals surface area contributed by atoms with Gasteiger partial charge in [0.1, 0.15) is 5.82 Å². The highest BCUT2D eigenvalue weighted by Gasteiger charge is 2.31. The Morgan fingerprint density at radius 2 is 1.50 bits per heavy atom. The molecule has 0 saturated carbocycles. The predicted molar refractivity (Wildman–Crippen MR) is 89.2 cm³/mol. The molecule has 132 valence electrons. The minimum atomic E-state index is -4.63. The second kappa shape index (κ2) is 6.63. The second-order valence-corrected chi connectivity index (χ2v) is 5.66. The van der Waals surface area contributed by atoms with E-state index in [1.54, 1.807) is 6.07 Å². The van der Waals surface area contributed by atoms with E-state index in [-0.39, 0.29) is 27.8 Å². The van der Waals surface area contributed by atoms with Gasteiger partial charge in [-0.1, -0.05) is 30.3 Å². The normalized spacial score (nSPS) is 11.4. The number of hydrogen-bond donors (Lipinski definition) is 1. The number of halogens is 4. The molecule has 2 nitrogen and oxygen atoms in total. The van der Waals surface area contributed by atoms with Crippen molar-refractivity contribution < 1.29 is 27.5 Å². The maximum absolute atomic E-state index is 13.5. The van der Waals surface area contributed by atoms with Gasteiger partial charge in [0, 0.05) is 0 Å². The summed E-state index contributed by atoms with van der Waals surface area (Å²) in [6.45, 7) is 0. The molecule has 3 aromatic rings. The van der Waals surface area contributed by atoms with Crippen LogP contribution < -0.4 is 0 Å². The lowest BCUT2D eigenvalue weighted by molar-refractivity contribution is -0.137. The van der Waals surface area contributed by atoms with Crippen LogP contribution in [0, 0.1) is 5.82 Å². The number of alkyl halides is 3. The van der Waals surface area contributed by atoms with E-state index >= 15 is 0 Å². The highest BCUT2D eigenvalue weighted by atomic mass is 19.4. The molecule has 0 bridgehead atoms. The fraction of sp³-hybridized carbons (Fsp3) is 0.0500. The number of carboxylic acid groups (broad SMARTS) is 1. The van der Waals surface area contributed by atoms with Crippen molar-refractivity contribution in [1.29, 1.82) is 0 Å². The Morgan fingerprint density at radius 3 is 2.15 bits per heavy atom. The van der Waals surface area contributed by atoms with E-state index < -0.39 is 23.5 Å². The first kappa shape index (κ1) is 17.7. The third-order valence-corrected chi connectivity index (χ3v) is 3.89. The number of benzene rings is 3. The van der Waals surface area contributed by atoms with Gasteiger partial charge in [0.2, 0.25) is 0 Å². The SMILES string of the molecule is O=C(O)c1ccccc1-c1cc(-c2cccc(F)c2)cc(C(F)(F)F)c1. The van der Waals surface area contributed by atoms with E-state index in [2.05, 4.69) is 0 Å². The molecule has 0 saturated heterocycles. The van der Waals surface area contributed by atoms with Crippen LogP contribution in [0.3, 0.4) is 0 Å². The summed E-state index contributed by atoms with van der Waals surface area (Å²) >= 11 is 0. The van der Waals surface area contributed by atoms with Crippen molar-refractivity contribution in [3.8, 4) is 22.3 Å². The molecular weight excluding hydrogens is 348 g/mol. The summed E-state index contributed by atoms with van der Waals surface area (Å²) in [7, 11) is 0. The fourth-order valence-electron chi connectivity index (χ4n) is 2.70. The molecule has 26 heavy (non-hydrogen) atoms. The molecule has 1 N–H and O–H groups in total. The molecule has 0 aromatic heterocycles. The molecule has 0 aliphatic heterocycles. The number of carbonyl (C=O) groups is 1. The molecular formula is C20H12F4O2. The number of hydrogen-bond acceptors (Lipinski definition) is 1. The molecule has 0 atom stereocenters. The third-order valence-electron chi connectivity index (χ3n) is 3.89. The van der Waals surface area contributed by atoms with Crippen LogP contribution in [-0.4, -0.2) is 11.1 Å². The van der Waals surface area contributed by atoms with E-state index in [0.29, 0.717) is 0 Å². The minimum absolute atomic E-state index is 0.0945. The third kappa shape index (κ3) is 3.59. The standard InChI is InChI=1S/C20H12F4O2/c21-16-5-3-4-12(11-16)13-8-14(10-15(9-13)20(22,23)24)17-6-1-2-7-18(17)19(25)26/h1-11H,(H,25,26). The van der Waals surface area contributed by atoms with Gasteiger partial charge < -0.3 is 5.11 Å². The molecule has 0 unspecified atom stereocenters. The topological polar surface area (TPSA) is 37.3 Å². The lowest BCUT2D eigenvalue weighted by Gasteiger charge is -2.14. The minimum Gasteiger partial charge on any atom is -0.478 e. The summed E-state index contributed by atoms with van der Waals surface area (Å²) in [6.07, 6.45) is -4.63. The predicted octanol–water partition coefficient (Wildman–Crippen LogP) is 5.88. The van der Waals surface area contributed by atoms with Gasteiger partial charge in [0.25, 0.3) is 0 Å². The lowest BCUT2D eigenvalue weighted by atomic mass is 9.93.